The summed E-state index contributed by atoms with van der Waals surface area (Å²) in [6, 6.07) is 0. The monoisotopic (exact) mass is 238 g/mol. The number of esters is 1. The zero-order valence-electron chi connectivity index (χ0n) is 10.2. The molecular weight excluding hydrogens is 220 g/mol. The Morgan fingerprint density at radius 1 is 1.53 bits per heavy atom. The van der Waals surface area contributed by atoms with E-state index in [1.165, 1.54) is 7.11 Å². The van der Waals surface area contributed by atoms with Crippen LogP contribution in [-0.4, -0.2) is 29.6 Å². The summed E-state index contributed by atoms with van der Waals surface area (Å²) in [6.45, 7) is 1.95. The molecule has 3 aliphatic carbocycles. The topological polar surface area (TPSA) is 63.6 Å². The molecule has 0 heterocycles. The summed E-state index contributed by atoms with van der Waals surface area (Å²) in [5.74, 6) is -0.916. The predicted octanol–water partition coefficient (Wildman–Crippen LogP) is 0.916. The quantitative estimate of drug-likeness (QED) is 0.690. The number of aliphatic hydroxyl groups is 1. The highest BCUT2D eigenvalue weighted by Gasteiger charge is 2.72. The number of Topliss-reactive ketones (excluding diaryl/α,β-unsaturated/α-hetero) is 1. The maximum Gasteiger partial charge on any atom is 0.310 e. The number of carbonyl (C=O) groups excluding carboxylic acids is 2. The van der Waals surface area contributed by atoms with Gasteiger partial charge in [-0.2, -0.15) is 0 Å². The largest absolute Gasteiger partial charge is 0.469 e. The maximum absolute atomic E-state index is 12.0. The van der Waals surface area contributed by atoms with E-state index in [4.69, 9.17) is 4.74 Å². The molecule has 1 N–H and O–H groups in total. The highest BCUT2D eigenvalue weighted by molar-refractivity contribution is 5.90. The summed E-state index contributed by atoms with van der Waals surface area (Å²) >= 11 is 0. The Labute approximate surface area is 100 Å². The third kappa shape index (κ3) is 1.07. The standard InChI is InChI=1S/C13H18O4/c1-12-4-3-7-5-9(14)8(6-13(7,12)16)10(12)11(15)17-2/h7-8,10,16H,3-6H2,1-2H3/t7-,8-,10+,12+,13-/m0/s1. The molecule has 0 aromatic carbocycles. The Hall–Kier alpha value is -0.900. The molecule has 0 aromatic rings. The van der Waals surface area contributed by atoms with Crippen molar-refractivity contribution >= 4 is 11.8 Å². The second kappa shape index (κ2) is 3.10. The van der Waals surface area contributed by atoms with Crippen molar-refractivity contribution in [3.63, 3.8) is 0 Å². The molecule has 94 valence electrons. The lowest BCUT2D eigenvalue weighted by atomic mass is 9.71. The number of ketones is 1. The fourth-order valence-electron chi connectivity index (χ4n) is 4.63. The molecule has 0 spiro atoms. The van der Waals surface area contributed by atoms with E-state index >= 15 is 0 Å². The first-order valence-electron chi connectivity index (χ1n) is 6.27. The van der Waals surface area contributed by atoms with Gasteiger partial charge in [0, 0.05) is 17.8 Å². The van der Waals surface area contributed by atoms with E-state index in [2.05, 4.69) is 0 Å². The Kier molecular flexibility index (Phi) is 2.05. The van der Waals surface area contributed by atoms with Gasteiger partial charge in [0.05, 0.1) is 18.6 Å². The normalized spacial score (nSPS) is 51.7. The first-order valence-corrected chi connectivity index (χ1v) is 6.27. The molecular formula is C13H18O4. The summed E-state index contributed by atoms with van der Waals surface area (Å²) in [6.07, 6.45) is 2.55. The molecule has 0 unspecified atom stereocenters. The summed E-state index contributed by atoms with van der Waals surface area (Å²) in [5.41, 5.74) is -1.30. The van der Waals surface area contributed by atoms with Gasteiger partial charge in [-0.05, 0) is 25.2 Å². The number of hydrogen-bond donors (Lipinski definition) is 1. The van der Waals surface area contributed by atoms with Crippen LogP contribution in [0.15, 0.2) is 0 Å². The first-order chi connectivity index (χ1) is 7.94. The minimum absolute atomic E-state index is 0.0471. The molecule has 0 amide bonds. The number of hydrogen-bond acceptors (Lipinski definition) is 4. The molecule has 5 atom stereocenters. The molecule has 2 bridgehead atoms. The van der Waals surface area contributed by atoms with E-state index in [0.29, 0.717) is 12.8 Å². The van der Waals surface area contributed by atoms with Gasteiger partial charge in [-0.3, -0.25) is 9.59 Å². The lowest BCUT2D eigenvalue weighted by Crippen LogP contribution is -2.46. The number of carbonyl (C=O) groups is 2. The molecule has 17 heavy (non-hydrogen) atoms. The molecule has 4 heteroatoms. The molecule has 3 rings (SSSR count). The van der Waals surface area contributed by atoms with Crippen LogP contribution < -0.4 is 0 Å². The molecule has 0 radical (unpaired) electrons. The molecule has 3 aliphatic rings. The Morgan fingerprint density at radius 3 is 2.88 bits per heavy atom. The summed E-state index contributed by atoms with van der Waals surface area (Å²) in [4.78, 5) is 24.0. The van der Waals surface area contributed by atoms with Gasteiger partial charge in [0.15, 0.2) is 0 Å². The first kappa shape index (κ1) is 11.2. The van der Waals surface area contributed by atoms with Crippen LogP contribution in [0.1, 0.15) is 32.6 Å². The molecule has 0 saturated heterocycles. The van der Waals surface area contributed by atoms with Gasteiger partial charge >= 0.3 is 5.97 Å². The lowest BCUT2D eigenvalue weighted by molar-refractivity contribution is -0.155. The third-order valence-corrected chi connectivity index (χ3v) is 5.61. The molecule has 3 saturated carbocycles. The van der Waals surface area contributed by atoms with Crippen molar-refractivity contribution in [1.29, 1.82) is 0 Å². The third-order valence-electron chi connectivity index (χ3n) is 5.61. The van der Waals surface area contributed by atoms with E-state index in [1.807, 2.05) is 6.92 Å². The zero-order chi connectivity index (χ0) is 12.4. The van der Waals surface area contributed by atoms with E-state index in [9.17, 15) is 14.7 Å². The van der Waals surface area contributed by atoms with Crippen LogP contribution >= 0.6 is 0 Å². The fraction of sp³-hybridized carbons (Fsp3) is 0.846. The van der Waals surface area contributed by atoms with Crippen molar-refractivity contribution in [1.82, 2.24) is 0 Å². The number of ether oxygens (including phenoxy) is 1. The van der Waals surface area contributed by atoms with Crippen LogP contribution in [0.3, 0.4) is 0 Å². The highest BCUT2D eigenvalue weighted by Crippen LogP contribution is 2.67. The number of methoxy groups -OCH3 is 1. The Morgan fingerprint density at radius 2 is 2.24 bits per heavy atom. The van der Waals surface area contributed by atoms with Crippen molar-refractivity contribution in [2.45, 2.75) is 38.2 Å². The summed E-state index contributed by atoms with van der Waals surface area (Å²) < 4.78 is 4.85. The van der Waals surface area contributed by atoms with Gasteiger partial charge in [0.2, 0.25) is 0 Å². The second-order valence-electron chi connectivity index (χ2n) is 6.06. The fourth-order valence-corrected chi connectivity index (χ4v) is 4.63. The van der Waals surface area contributed by atoms with Crippen molar-refractivity contribution in [2.75, 3.05) is 7.11 Å². The Bertz CT molecular complexity index is 404. The highest BCUT2D eigenvalue weighted by atomic mass is 16.5. The van der Waals surface area contributed by atoms with Gasteiger partial charge in [0.1, 0.15) is 5.78 Å². The van der Waals surface area contributed by atoms with Crippen LogP contribution in [0.5, 0.6) is 0 Å². The average molecular weight is 238 g/mol. The summed E-state index contributed by atoms with van der Waals surface area (Å²) in [5, 5.41) is 10.9. The smallest absolute Gasteiger partial charge is 0.310 e. The maximum atomic E-state index is 12.0. The lowest BCUT2D eigenvalue weighted by Gasteiger charge is -2.38. The second-order valence-corrected chi connectivity index (χ2v) is 6.06. The van der Waals surface area contributed by atoms with E-state index in [0.717, 1.165) is 12.8 Å². The average Bonchev–Trinajstić information content (AvgIpc) is 2.64. The molecule has 0 aliphatic heterocycles. The predicted molar refractivity (Wildman–Crippen MR) is 59.0 cm³/mol. The molecule has 0 aromatic heterocycles. The minimum Gasteiger partial charge on any atom is -0.469 e. The van der Waals surface area contributed by atoms with Crippen LogP contribution in [0, 0.1) is 23.2 Å². The van der Waals surface area contributed by atoms with Gasteiger partial charge in [0.25, 0.3) is 0 Å². The van der Waals surface area contributed by atoms with Gasteiger partial charge in [-0.25, -0.2) is 0 Å². The van der Waals surface area contributed by atoms with E-state index in [-0.39, 0.29) is 23.6 Å². The minimum atomic E-state index is -0.829. The van der Waals surface area contributed by atoms with Crippen molar-refractivity contribution in [3.05, 3.63) is 0 Å². The van der Waals surface area contributed by atoms with Crippen molar-refractivity contribution < 1.29 is 19.4 Å². The van der Waals surface area contributed by atoms with Gasteiger partial charge in [-0.15, -0.1) is 0 Å². The van der Waals surface area contributed by atoms with Crippen LogP contribution in [-0.2, 0) is 14.3 Å². The van der Waals surface area contributed by atoms with Gasteiger partial charge in [-0.1, -0.05) is 6.92 Å². The van der Waals surface area contributed by atoms with E-state index < -0.39 is 16.9 Å². The Balaban J connectivity index is 2.11. The molecule has 3 fully saturated rings. The van der Waals surface area contributed by atoms with E-state index in [1.54, 1.807) is 0 Å². The van der Waals surface area contributed by atoms with Crippen molar-refractivity contribution in [3.8, 4) is 0 Å². The van der Waals surface area contributed by atoms with Crippen LogP contribution in [0.25, 0.3) is 0 Å². The SMILES string of the molecule is COC(=O)[C@H]1[C@H]2C[C@]3(O)[C@@H](CC[C@]13C)CC2=O. The number of rotatable bonds is 1. The van der Waals surface area contributed by atoms with Gasteiger partial charge < -0.3 is 9.84 Å². The zero-order valence-corrected chi connectivity index (χ0v) is 10.2. The summed E-state index contributed by atoms with van der Waals surface area (Å²) in [7, 11) is 1.36. The number of fused-ring (bicyclic) bond motifs is 1. The van der Waals surface area contributed by atoms with Crippen LogP contribution in [0.4, 0.5) is 0 Å². The molecule has 4 nitrogen and oxygen atoms in total. The van der Waals surface area contributed by atoms with Crippen LogP contribution in [0.2, 0.25) is 0 Å². The van der Waals surface area contributed by atoms with Crippen molar-refractivity contribution in [2.24, 2.45) is 23.2 Å².